The van der Waals surface area contributed by atoms with Gasteiger partial charge in [-0.05, 0) is 48.7 Å². The first-order chi connectivity index (χ1) is 14.9. The minimum atomic E-state index is -0.921. The summed E-state index contributed by atoms with van der Waals surface area (Å²) in [6.07, 6.45) is 5.19. The van der Waals surface area contributed by atoms with Crippen molar-refractivity contribution in [2.24, 2.45) is 0 Å². The molecular formula is C23H25Cl3N2O3. The normalized spacial score (nSPS) is 15.2. The zero-order valence-electron chi connectivity index (χ0n) is 17.2. The molecule has 1 N–H and O–H groups in total. The molecule has 0 radical (unpaired) electrons. The highest BCUT2D eigenvalue weighted by molar-refractivity contribution is 6.33. The predicted octanol–water partition coefficient (Wildman–Crippen LogP) is 5.76. The van der Waals surface area contributed by atoms with Crippen LogP contribution in [-0.4, -0.2) is 30.8 Å². The molecule has 0 heterocycles. The van der Waals surface area contributed by atoms with Gasteiger partial charge in [-0.25, -0.2) is 0 Å². The van der Waals surface area contributed by atoms with Gasteiger partial charge in [0.2, 0.25) is 11.8 Å². The van der Waals surface area contributed by atoms with Crippen molar-refractivity contribution in [1.82, 2.24) is 5.32 Å². The molecule has 0 saturated heterocycles. The summed E-state index contributed by atoms with van der Waals surface area (Å²) in [6, 6.07) is 11.0. The molecule has 2 aromatic rings. The number of amides is 2. The van der Waals surface area contributed by atoms with Crippen molar-refractivity contribution < 1.29 is 14.3 Å². The smallest absolute Gasteiger partial charge is 0.248 e. The van der Waals surface area contributed by atoms with Crippen LogP contribution in [-0.2, 0) is 9.59 Å². The zero-order valence-corrected chi connectivity index (χ0v) is 19.5. The van der Waals surface area contributed by atoms with Gasteiger partial charge in [-0.2, -0.15) is 0 Å². The number of carbonyl (C=O) groups is 2. The van der Waals surface area contributed by atoms with E-state index >= 15 is 0 Å². The second-order valence-corrected chi connectivity index (χ2v) is 8.62. The summed E-state index contributed by atoms with van der Waals surface area (Å²) >= 11 is 18.3. The van der Waals surface area contributed by atoms with Gasteiger partial charge < -0.3 is 10.1 Å². The van der Waals surface area contributed by atoms with Crippen molar-refractivity contribution in [1.29, 1.82) is 0 Å². The Morgan fingerprint density at radius 3 is 2.35 bits per heavy atom. The number of methoxy groups -OCH3 is 1. The Labute approximate surface area is 197 Å². The molecule has 5 nitrogen and oxygen atoms in total. The molecule has 1 unspecified atom stereocenters. The molecule has 2 amide bonds. The highest BCUT2D eigenvalue weighted by Crippen LogP contribution is 2.34. The van der Waals surface area contributed by atoms with Crippen LogP contribution in [0.4, 0.5) is 5.69 Å². The molecule has 166 valence electrons. The van der Waals surface area contributed by atoms with E-state index in [4.69, 9.17) is 39.5 Å². The summed E-state index contributed by atoms with van der Waals surface area (Å²) in [4.78, 5) is 27.9. The molecule has 1 atom stereocenters. The molecule has 1 aliphatic carbocycles. The quantitative estimate of drug-likeness (QED) is 0.509. The van der Waals surface area contributed by atoms with Gasteiger partial charge in [0.15, 0.2) is 0 Å². The first-order valence-electron chi connectivity index (χ1n) is 10.2. The summed E-state index contributed by atoms with van der Waals surface area (Å²) < 4.78 is 5.22. The topological polar surface area (TPSA) is 58.6 Å². The first-order valence-corrected chi connectivity index (χ1v) is 11.5. The zero-order chi connectivity index (χ0) is 22.4. The Morgan fingerprint density at radius 2 is 1.77 bits per heavy atom. The molecule has 0 bridgehead atoms. The van der Waals surface area contributed by atoms with Crippen molar-refractivity contribution >= 4 is 52.3 Å². The van der Waals surface area contributed by atoms with Crippen LogP contribution in [0.3, 0.4) is 0 Å². The van der Waals surface area contributed by atoms with Crippen LogP contribution in [0.2, 0.25) is 10.0 Å². The van der Waals surface area contributed by atoms with Gasteiger partial charge in [0, 0.05) is 16.8 Å². The van der Waals surface area contributed by atoms with Gasteiger partial charge in [-0.1, -0.05) is 54.6 Å². The van der Waals surface area contributed by atoms with Gasteiger partial charge in [-0.15, -0.1) is 11.6 Å². The monoisotopic (exact) mass is 482 g/mol. The molecule has 0 spiro atoms. The maximum Gasteiger partial charge on any atom is 0.248 e. The van der Waals surface area contributed by atoms with Crippen LogP contribution >= 0.6 is 34.8 Å². The van der Waals surface area contributed by atoms with E-state index in [0.29, 0.717) is 27.0 Å². The van der Waals surface area contributed by atoms with E-state index in [1.54, 1.807) is 42.5 Å². The van der Waals surface area contributed by atoms with E-state index < -0.39 is 11.9 Å². The van der Waals surface area contributed by atoms with Crippen LogP contribution < -0.4 is 15.0 Å². The fourth-order valence-corrected chi connectivity index (χ4v) is 4.40. The lowest BCUT2D eigenvalue weighted by Crippen LogP contribution is -2.47. The fraction of sp³-hybridized carbons (Fsp3) is 0.391. The van der Waals surface area contributed by atoms with Crippen molar-refractivity contribution in [3.05, 3.63) is 58.1 Å². The highest BCUT2D eigenvalue weighted by Gasteiger charge is 2.34. The van der Waals surface area contributed by atoms with Gasteiger partial charge in [0.25, 0.3) is 0 Å². The molecule has 3 rings (SSSR count). The van der Waals surface area contributed by atoms with Crippen LogP contribution in [0.1, 0.15) is 43.7 Å². The minimum absolute atomic E-state index is 0.0865. The maximum absolute atomic E-state index is 13.5. The third kappa shape index (κ3) is 5.85. The molecule has 0 aliphatic heterocycles. The van der Waals surface area contributed by atoms with Gasteiger partial charge in [0.1, 0.15) is 17.7 Å². The molecule has 0 aromatic heterocycles. The number of alkyl halides is 1. The lowest BCUT2D eigenvalue weighted by Gasteiger charge is -2.33. The van der Waals surface area contributed by atoms with Crippen LogP contribution in [0.25, 0.3) is 0 Å². The van der Waals surface area contributed by atoms with Gasteiger partial charge in [0.05, 0.1) is 12.1 Å². The van der Waals surface area contributed by atoms with Crippen LogP contribution in [0.5, 0.6) is 5.75 Å². The lowest BCUT2D eigenvalue weighted by molar-refractivity contribution is -0.126. The second kappa shape index (κ2) is 11.1. The van der Waals surface area contributed by atoms with Crippen LogP contribution in [0.15, 0.2) is 42.5 Å². The summed E-state index contributed by atoms with van der Waals surface area (Å²) in [7, 11) is 1.51. The van der Waals surface area contributed by atoms with Crippen molar-refractivity contribution in [3.63, 3.8) is 0 Å². The summed E-state index contributed by atoms with van der Waals surface area (Å²) in [5, 5.41) is 4.00. The molecular weight excluding hydrogens is 459 g/mol. The molecule has 1 fully saturated rings. The Morgan fingerprint density at radius 1 is 1.10 bits per heavy atom. The van der Waals surface area contributed by atoms with E-state index in [2.05, 4.69) is 5.32 Å². The number of rotatable bonds is 7. The number of hydrogen-bond acceptors (Lipinski definition) is 3. The summed E-state index contributed by atoms with van der Waals surface area (Å²) in [5.74, 6) is -0.496. The van der Waals surface area contributed by atoms with E-state index in [9.17, 15) is 9.59 Å². The number of carbonyl (C=O) groups excluding carboxylic acids is 2. The van der Waals surface area contributed by atoms with E-state index in [1.165, 1.54) is 18.4 Å². The largest absolute Gasteiger partial charge is 0.495 e. The SMILES string of the molecule is COc1ccc(N(C(=O)CCl)C(C(=O)NC2CCCCC2)c2ccc(Cl)cc2)cc1Cl. The third-order valence-electron chi connectivity index (χ3n) is 5.44. The molecule has 2 aromatic carbocycles. The number of anilines is 1. The van der Waals surface area contributed by atoms with E-state index in [1.807, 2.05) is 0 Å². The van der Waals surface area contributed by atoms with Gasteiger partial charge >= 0.3 is 0 Å². The molecule has 8 heteroatoms. The Kier molecular flexibility index (Phi) is 8.47. The average molecular weight is 484 g/mol. The third-order valence-corrected chi connectivity index (χ3v) is 6.22. The number of halogens is 3. The van der Waals surface area contributed by atoms with Crippen molar-refractivity contribution in [3.8, 4) is 5.75 Å². The standard InChI is InChI=1S/C23H25Cl3N2O3/c1-31-20-12-11-18(13-19(20)26)28(21(29)14-24)22(15-7-9-16(25)10-8-15)23(30)27-17-5-3-2-4-6-17/h7-13,17,22H,2-6,14H2,1H3,(H,27,30). The van der Waals surface area contributed by atoms with E-state index in [0.717, 1.165) is 25.7 Å². The first kappa shape index (κ1) is 23.7. The lowest BCUT2D eigenvalue weighted by atomic mass is 9.94. The maximum atomic E-state index is 13.5. The Hall–Kier alpha value is -1.95. The number of nitrogens with zero attached hydrogens (tertiary/aromatic N) is 1. The van der Waals surface area contributed by atoms with Gasteiger partial charge in [-0.3, -0.25) is 14.5 Å². The number of hydrogen-bond donors (Lipinski definition) is 1. The van der Waals surface area contributed by atoms with Crippen LogP contribution in [0, 0.1) is 0 Å². The fourth-order valence-electron chi connectivity index (χ4n) is 3.90. The van der Waals surface area contributed by atoms with Crippen molar-refractivity contribution in [2.75, 3.05) is 17.9 Å². The minimum Gasteiger partial charge on any atom is -0.495 e. The molecule has 1 aliphatic rings. The van der Waals surface area contributed by atoms with E-state index in [-0.39, 0.29) is 17.8 Å². The predicted molar refractivity (Wildman–Crippen MR) is 125 cm³/mol. The number of nitrogens with one attached hydrogen (secondary N) is 1. The number of benzene rings is 2. The highest BCUT2D eigenvalue weighted by atomic mass is 35.5. The van der Waals surface area contributed by atoms with Crippen molar-refractivity contribution in [2.45, 2.75) is 44.2 Å². The summed E-state index contributed by atoms with van der Waals surface area (Å²) in [6.45, 7) is 0. The second-order valence-electron chi connectivity index (χ2n) is 7.51. The summed E-state index contributed by atoms with van der Waals surface area (Å²) in [5.41, 5.74) is 1.08. The number of ether oxygens (including phenoxy) is 1. The Bertz CT molecular complexity index is 915. The average Bonchev–Trinajstić information content (AvgIpc) is 2.78. The Balaban J connectivity index is 2.04. The molecule has 31 heavy (non-hydrogen) atoms. The molecule has 1 saturated carbocycles.